The summed E-state index contributed by atoms with van der Waals surface area (Å²) < 4.78 is 27.7. The Hall–Kier alpha value is -0.960. The molecule has 1 atom stereocenters. The summed E-state index contributed by atoms with van der Waals surface area (Å²) in [6.07, 6.45) is 2.15. The summed E-state index contributed by atoms with van der Waals surface area (Å²) in [5.74, 6) is 0.0803. The van der Waals surface area contributed by atoms with Gasteiger partial charge in [0.1, 0.15) is 0 Å². The zero-order valence-electron chi connectivity index (χ0n) is 13.7. The monoisotopic (exact) mass is 416 g/mol. The Morgan fingerprint density at radius 3 is 2.38 bits per heavy atom. The van der Waals surface area contributed by atoms with Gasteiger partial charge in [-0.05, 0) is 44.0 Å². The van der Waals surface area contributed by atoms with E-state index < -0.39 is 10.0 Å². The molecule has 0 bridgehead atoms. The molecule has 2 aliphatic rings. The SMILES string of the molecule is C[C@H](C(=O)NC1CC1)[NH+]1CCN(S(=O)(=O)c2ccc(Br)cc2)CC1. The van der Waals surface area contributed by atoms with Gasteiger partial charge in [-0.3, -0.25) is 4.79 Å². The van der Waals surface area contributed by atoms with Crippen molar-refractivity contribution in [3.05, 3.63) is 28.7 Å². The first kappa shape index (κ1) is 17.8. The largest absolute Gasteiger partial charge is 0.348 e. The zero-order valence-corrected chi connectivity index (χ0v) is 16.1. The van der Waals surface area contributed by atoms with Crippen LogP contribution in [-0.4, -0.2) is 56.9 Å². The van der Waals surface area contributed by atoms with Gasteiger partial charge >= 0.3 is 0 Å². The maximum atomic E-state index is 12.7. The molecule has 0 aromatic heterocycles. The van der Waals surface area contributed by atoms with E-state index >= 15 is 0 Å². The molecular weight excluding hydrogens is 394 g/mol. The lowest BCUT2D eigenvalue weighted by molar-refractivity contribution is -0.917. The van der Waals surface area contributed by atoms with E-state index in [0.29, 0.717) is 37.1 Å². The molecule has 24 heavy (non-hydrogen) atoms. The van der Waals surface area contributed by atoms with Gasteiger partial charge in [0.25, 0.3) is 5.91 Å². The highest BCUT2D eigenvalue weighted by Gasteiger charge is 2.35. The van der Waals surface area contributed by atoms with Crippen molar-refractivity contribution in [1.82, 2.24) is 9.62 Å². The van der Waals surface area contributed by atoms with Gasteiger partial charge in [-0.2, -0.15) is 4.31 Å². The summed E-state index contributed by atoms with van der Waals surface area (Å²) in [6, 6.07) is 6.92. The van der Waals surface area contributed by atoms with Gasteiger partial charge in [0, 0.05) is 10.5 Å². The molecule has 0 unspecified atom stereocenters. The second-order valence-corrected chi connectivity index (χ2v) is 9.37. The Kier molecular flexibility index (Phi) is 5.29. The van der Waals surface area contributed by atoms with E-state index in [1.807, 2.05) is 6.92 Å². The number of carbonyl (C=O) groups is 1. The number of rotatable bonds is 5. The molecule has 6 nitrogen and oxygen atoms in total. The number of nitrogens with zero attached hydrogens (tertiary/aromatic N) is 1. The normalized spacial score (nSPS) is 21.4. The van der Waals surface area contributed by atoms with Crippen LogP contribution < -0.4 is 10.2 Å². The van der Waals surface area contributed by atoms with Crippen LogP contribution in [-0.2, 0) is 14.8 Å². The predicted octanol–water partition coefficient (Wildman–Crippen LogP) is 0.00540. The Balaban J connectivity index is 1.59. The lowest BCUT2D eigenvalue weighted by atomic mass is 10.2. The molecule has 0 radical (unpaired) electrons. The van der Waals surface area contributed by atoms with E-state index in [1.54, 1.807) is 24.3 Å². The van der Waals surface area contributed by atoms with Crippen molar-refractivity contribution in [3.8, 4) is 0 Å². The number of sulfonamides is 1. The first-order chi connectivity index (χ1) is 11.4. The highest BCUT2D eigenvalue weighted by Crippen LogP contribution is 2.19. The van der Waals surface area contributed by atoms with Crippen molar-refractivity contribution < 1.29 is 18.1 Å². The maximum Gasteiger partial charge on any atom is 0.278 e. The van der Waals surface area contributed by atoms with Crippen LogP contribution >= 0.6 is 15.9 Å². The number of amides is 1. The Morgan fingerprint density at radius 1 is 1.25 bits per heavy atom. The van der Waals surface area contributed by atoms with Crippen LogP contribution in [0.2, 0.25) is 0 Å². The van der Waals surface area contributed by atoms with Crippen molar-refractivity contribution in [1.29, 1.82) is 0 Å². The minimum absolute atomic E-state index is 0.0803. The lowest BCUT2D eigenvalue weighted by Crippen LogP contribution is -3.19. The maximum absolute atomic E-state index is 12.7. The predicted molar refractivity (Wildman–Crippen MR) is 94.2 cm³/mol. The number of benzene rings is 1. The van der Waals surface area contributed by atoms with Gasteiger partial charge in [0.2, 0.25) is 10.0 Å². The van der Waals surface area contributed by atoms with Crippen LogP contribution in [0.3, 0.4) is 0 Å². The summed E-state index contributed by atoms with van der Waals surface area (Å²) in [7, 11) is -3.46. The van der Waals surface area contributed by atoms with E-state index in [-0.39, 0.29) is 11.9 Å². The molecule has 2 fully saturated rings. The molecule has 8 heteroatoms. The molecule has 1 aliphatic heterocycles. The highest BCUT2D eigenvalue weighted by atomic mass is 79.9. The Labute approximate surface area is 151 Å². The summed E-state index contributed by atoms with van der Waals surface area (Å²) >= 11 is 3.32. The summed E-state index contributed by atoms with van der Waals surface area (Å²) in [4.78, 5) is 13.6. The number of hydrogen-bond donors (Lipinski definition) is 2. The first-order valence-electron chi connectivity index (χ1n) is 8.28. The van der Waals surface area contributed by atoms with Crippen LogP contribution in [0.25, 0.3) is 0 Å². The third-order valence-corrected chi connectivity index (χ3v) is 7.19. The number of carbonyl (C=O) groups excluding carboxylic acids is 1. The highest BCUT2D eigenvalue weighted by molar-refractivity contribution is 9.10. The molecule has 3 rings (SSSR count). The molecule has 132 valence electrons. The van der Waals surface area contributed by atoms with Crippen molar-refractivity contribution in [2.75, 3.05) is 26.2 Å². The first-order valence-corrected chi connectivity index (χ1v) is 10.5. The van der Waals surface area contributed by atoms with Crippen molar-refractivity contribution >= 4 is 31.9 Å². The van der Waals surface area contributed by atoms with Crippen molar-refractivity contribution in [2.24, 2.45) is 0 Å². The van der Waals surface area contributed by atoms with Gasteiger partial charge in [-0.15, -0.1) is 0 Å². The van der Waals surface area contributed by atoms with E-state index in [1.165, 1.54) is 4.31 Å². The number of halogens is 1. The van der Waals surface area contributed by atoms with Gasteiger partial charge in [-0.1, -0.05) is 15.9 Å². The fourth-order valence-electron chi connectivity index (χ4n) is 2.94. The minimum Gasteiger partial charge on any atom is -0.348 e. The van der Waals surface area contributed by atoms with Crippen LogP contribution in [0.4, 0.5) is 0 Å². The fourth-order valence-corrected chi connectivity index (χ4v) is 4.65. The third kappa shape index (κ3) is 3.99. The van der Waals surface area contributed by atoms with Gasteiger partial charge in [0.15, 0.2) is 6.04 Å². The molecule has 2 N–H and O–H groups in total. The van der Waals surface area contributed by atoms with Crippen LogP contribution in [0.5, 0.6) is 0 Å². The van der Waals surface area contributed by atoms with Gasteiger partial charge < -0.3 is 10.2 Å². The fraction of sp³-hybridized carbons (Fsp3) is 0.562. The van der Waals surface area contributed by atoms with Gasteiger partial charge in [-0.25, -0.2) is 8.42 Å². The average Bonchev–Trinajstić information content (AvgIpc) is 3.38. The average molecular weight is 417 g/mol. The standard InChI is InChI=1S/C16H22BrN3O3S/c1-12(16(21)18-14-4-5-14)19-8-10-20(11-9-19)24(22,23)15-6-2-13(17)3-7-15/h2-3,6-7,12,14H,4-5,8-11H2,1H3,(H,18,21)/p+1/t12-/m1/s1. The zero-order chi connectivity index (χ0) is 17.3. The molecule has 1 saturated carbocycles. The smallest absolute Gasteiger partial charge is 0.278 e. The van der Waals surface area contributed by atoms with Crippen LogP contribution in [0.1, 0.15) is 19.8 Å². The van der Waals surface area contributed by atoms with Crippen LogP contribution in [0, 0.1) is 0 Å². The summed E-state index contributed by atoms with van der Waals surface area (Å²) in [5.41, 5.74) is 0. The van der Waals surface area contributed by atoms with E-state index in [2.05, 4.69) is 21.2 Å². The van der Waals surface area contributed by atoms with E-state index in [9.17, 15) is 13.2 Å². The second-order valence-electron chi connectivity index (χ2n) is 6.52. The second kappa shape index (κ2) is 7.11. The number of piperazine rings is 1. The van der Waals surface area contributed by atoms with Gasteiger partial charge in [0.05, 0.1) is 31.1 Å². The molecule has 0 spiro atoms. The number of nitrogens with one attached hydrogen (secondary N) is 2. The van der Waals surface area contributed by atoms with Crippen molar-refractivity contribution in [2.45, 2.75) is 36.7 Å². The lowest BCUT2D eigenvalue weighted by Gasteiger charge is -2.34. The number of quaternary nitrogens is 1. The summed E-state index contributed by atoms with van der Waals surface area (Å²) in [5, 5.41) is 3.03. The van der Waals surface area contributed by atoms with E-state index in [4.69, 9.17) is 0 Å². The number of hydrogen-bond acceptors (Lipinski definition) is 3. The molecule has 1 amide bonds. The topological polar surface area (TPSA) is 70.9 Å². The van der Waals surface area contributed by atoms with Crippen molar-refractivity contribution in [3.63, 3.8) is 0 Å². The third-order valence-electron chi connectivity index (χ3n) is 4.75. The molecule has 1 aromatic rings. The molecule has 1 saturated heterocycles. The molecule has 1 aliphatic carbocycles. The van der Waals surface area contributed by atoms with E-state index in [0.717, 1.165) is 22.2 Å². The van der Waals surface area contributed by atoms with Crippen LogP contribution in [0.15, 0.2) is 33.6 Å². The summed E-state index contributed by atoms with van der Waals surface area (Å²) in [6.45, 7) is 4.10. The molecule has 1 aromatic carbocycles. The Morgan fingerprint density at radius 2 is 1.83 bits per heavy atom. The Bertz CT molecular complexity index is 696. The minimum atomic E-state index is -3.46. The molecular formula is C16H23BrN3O3S+. The molecule has 1 heterocycles. The quantitative estimate of drug-likeness (QED) is 0.709.